The number of carbonyl (C=O) groups excluding carboxylic acids is 1. The van der Waals surface area contributed by atoms with Crippen molar-refractivity contribution < 1.29 is 13.9 Å². The third kappa shape index (κ3) is 3.47. The van der Waals surface area contributed by atoms with E-state index in [1.165, 1.54) is 12.1 Å². The highest BCUT2D eigenvalue weighted by Crippen LogP contribution is 2.29. The first kappa shape index (κ1) is 15.4. The first-order valence-corrected chi connectivity index (χ1v) is 8.04. The molecule has 1 saturated carbocycles. The van der Waals surface area contributed by atoms with Gasteiger partial charge in [0.2, 0.25) is 5.91 Å². The quantitative estimate of drug-likeness (QED) is 0.932. The highest BCUT2D eigenvalue weighted by Gasteiger charge is 2.30. The molecule has 1 aliphatic carbocycles. The second-order valence-corrected chi connectivity index (χ2v) is 6.31. The van der Waals surface area contributed by atoms with Crippen molar-refractivity contribution in [3.63, 3.8) is 0 Å². The molecule has 2 N–H and O–H groups in total. The Morgan fingerprint density at radius 1 is 1.32 bits per heavy atom. The van der Waals surface area contributed by atoms with Crippen molar-refractivity contribution in [1.82, 2.24) is 4.90 Å². The summed E-state index contributed by atoms with van der Waals surface area (Å²) in [7, 11) is 0. The highest BCUT2D eigenvalue weighted by atomic mass is 19.1. The lowest BCUT2D eigenvalue weighted by atomic mass is 9.99. The predicted molar refractivity (Wildman–Crippen MR) is 81.6 cm³/mol. The monoisotopic (exact) mass is 306 g/mol. The van der Waals surface area contributed by atoms with Crippen LogP contribution in [0.4, 0.5) is 4.39 Å². The van der Waals surface area contributed by atoms with E-state index in [4.69, 9.17) is 10.5 Å². The van der Waals surface area contributed by atoms with E-state index in [0.29, 0.717) is 32.0 Å². The number of hydrogen-bond acceptors (Lipinski definition) is 3. The maximum atomic E-state index is 13.0. The lowest BCUT2D eigenvalue weighted by Gasteiger charge is -2.34. The van der Waals surface area contributed by atoms with Crippen molar-refractivity contribution in [3.8, 4) is 0 Å². The summed E-state index contributed by atoms with van der Waals surface area (Å²) in [6, 6.07) is 6.47. The first-order chi connectivity index (χ1) is 10.6. The lowest BCUT2D eigenvalue weighted by Crippen LogP contribution is -2.43. The average molecular weight is 306 g/mol. The summed E-state index contributed by atoms with van der Waals surface area (Å²) in [6.07, 6.45) is 3.57. The van der Waals surface area contributed by atoms with Crippen molar-refractivity contribution >= 4 is 5.91 Å². The molecule has 0 radical (unpaired) electrons. The van der Waals surface area contributed by atoms with Crippen LogP contribution in [-0.4, -0.2) is 36.5 Å². The predicted octanol–water partition coefficient (Wildman–Crippen LogP) is 2.24. The number of benzene rings is 1. The molecule has 120 valence electrons. The van der Waals surface area contributed by atoms with Crippen LogP contribution in [0.3, 0.4) is 0 Å². The van der Waals surface area contributed by atoms with Gasteiger partial charge in [-0.05, 0) is 36.5 Å². The van der Waals surface area contributed by atoms with Crippen molar-refractivity contribution in [2.45, 2.75) is 37.8 Å². The zero-order valence-corrected chi connectivity index (χ0v) is 12.7. The van der Waals surface area contributed by atoms with E-state index in [1.54, 1.807) is 12.1 Å². The molecular formula is C17H23FN2O2. The van der Waals surface area contributed by atoms with Gasteiger partial charge in [0.15, 0.2) is 0 Å². The first-order valence-electron chi connectivity index (χ1n) is 8.04. The molecule has 22 heavy (non-hydrogen) atoms. The van der Waals surface area contributed by atoms with E-state index >= 15 is 0 Å². The Labute approximate surface area is 130 Å². The van der Waals surface area contributed by atoms with E-state index < -0.39 is 0 Å². The van der Waals surface area contributed by atoms with Gasteiger partial charge in [-0.25, -0.2) is 4.39 Å². The number of morpholine rings is 1. The van der Waals surface area contributed by atoms with Crippen LogP contribution in [0.25, 0.3) is 0 Å². The van der Waals surface area contributed by atoms with Gasteiger partial charge in [-0.2, -0.15) is 0 Å². The molecule has 2 aliphatic rings. The molecule has 4 nitrogen and oxygen atoms in total. The van der Waals surface area contributed by atoms with Gasteiger partial charge < -0.3 is 15.4 Å². The van der Waals surface area contributed by atoms with Crippen LogP contribution in [-0.2, 0) is 9.53 Å². The SMILES string of the molecule is N[C@@H]1CCC[C@H]1CC(=O)N1CCOC(c2ccc(F)cc2)C1. The van der Waals surface area contributed by atoms with Gasteiger partial charge >= 0.3 is 0 Å². The molecule has 2 fully saturated rings. The minimum Gasteiger partial charge on any atom is -0.370 e. The molecular weight excluding hydrogens is 283 g/mol. The Hall–Kier alpha value is -1.46. The number of amides is 1. The Morgan fingerprint density at radius 2 is 2.09 bits per heavy atom. The summed E-state index contributed by atoms with van der Waals surface area (Å²) in [5.74, 6) is 0.222. The molecule has 3 atom stereocenters. The number of rotatable bonds is 3. The summed E-state index contributed by atoms with van der Waals surface area (Å²) in [5, 5.41) is 0. The molecule has 3 rings (SSSR count). The Balaban J connectivity index is 1.60. The minimum atomic E-state index is -0.261. The van der Waals surface area contributed by atoms with E-state index in [-0.39, 0.29) is 23.9 Å². The van der Waals surface area contributed by atoms with Gasteiger partial charge in [0.1, 0.15) is 11.9 Å². The molecule has 5 heteroatoms. The standard InChI is InChI=1S/C17H23FN2O2/c18-14-6-4-12(5-7-14)16-11-20(8-9-22-16)17(21)10-13-2-1-3-15(13)19/h4-7,13,15-16H,1-3,8-11,19H2/t13-,15+,16?/m0/s1. The zero-order chi connectivity index (χ0) is 15.5. The number of carbonyl (C=O) groups is 1. The molecule has 1 aliphatic heterocycles. The number of hydrogen-bond donors (Lipinski definition) is 1. The van der Waals surface area contributed by atoms with Gasteiger partial charge in [-0.1, -0.05) is 18.6 Å². The number of ether oxygens (including phenoxy) is 1. The smallest absolute Gasteiger partial charge is 0.223 e. The van der Waals surface area contributed by atoms with E-state index in [0.717, 1.165) is 24.8 Å². The third-order valence-corrected chi connectivity index (χ3v) is 4.82. The summed E-state index contributed by atoms with van der Waals surface area (Å²) in [5.41, 5.74) is 6.97. The molecule has 0 spiro atoms. The van der Waals surface area contributed by atoms with Crippen LogP contribution in [0.5, 0.6) is 0 Å². The molecule has 1 aromatic rings. The van der Waals surface area contributed by atoms with Gasteiger partial charge in [0.25, 0.3) is 0 Å². The van der Waals surface area contributed by atoms with Crippen molar-refractivity contribution in [2.75, 3.05) is 19.7 Å². The van der Waals surface area contributed by atoms with Crippen molar-refractivity contribution in [1.29, 1.82) is 0 Å². The van der Waals surface area contributed by atoms with Crippen LogP contribution < -0.4 is 5.73 Å². The topological polar surface area (TPSA) is 55.6 Å². The fraction of sp³-hybridized carbons (Fsp3) is 0.588. The normalized spacial score (nSPS) is 28.8. The fourth-order valence-corrected chi connectivity index (χ4v) is 3.43. The second kappa shape index (κ2) is 6.75. The summed E-state index contributed by atoms with van der Waals surface area (Å²) in [6.45, 7) is 1.68. The number of halogens is 1. The van der Waals surface area contributed by atoms with Gasteiger partial charge in [0, 0.05) is 19.0 Å². The number of nitrogens with two attached hydrogens (primary N) is 1. The van der Waals surface area contributed by atoms with Gasteiger partial charge in [0.05, 0.1) is 13.2 Å². The second-order valence-electron chi connectivity index (χ2n) is 6.31. The highest BCUT2D eigenvalue weighted by molar-refractivity contribution is 5.76. The molecule has 1 unspecified atom stereocenters. The van der Waals surface area contributed by atoms with Crippen LogP contribution in [0.2, 0.25) is 0 Å². The molecule has 1 heterocycles. The van der Waals surface area contributed by atoms with Crippen LogP contribution in [0.15, 0.2) is 24.3 Å². The largest absolute Gasteiger partial charge is 0.370 e. The average Bonchev–Trinajstić information content (AvgIpc) is 2.93. The Morgan fingerprint density at radius 3 is 2.77 bits per heavy atom. The maximum absolute atomic E-state index is 13.0. The fourth-order valence-electron chi connectivity index (χ4n) is 3.43. The van der Waals surface area contributed by atoms with Crippen LogP contribution >= 0.6 is 0 Å². The van der Waals surface area contributed by atoms with Crippen LogP contribution in [0, 0.1) is 11.7 Å². The molecule has 0 bridgehead atoms. The minimum absolute atomic E-state index is 0.165. The van der Waals surface area contributed by atoms with E-state index in [1.807, 2.05) is 4.90 Å². The summed E-state index contributed by atoms with van der Waals surface area (Å²) >= 11 is 0. The van der Waals surface area contributed by atoms with E-state index in [2.05, 4.69) is 0 Å². The third-order valence-electron chi connectivity index (χ3n) is 4.82. The van der Waals surface area contributed by atoms with E-state index in [9.17, 15) is 9.18 Å². The number of nitrogens with zero attached hydrogens (tertiary/aromatic N) is 1. The van der Waals surface area contributed by atoms with Crippen molar-refractivity contribution in [3.05, 3.63) is 35.6 Å². The van der Waals surface area contributed by atoms with Gasteiger partial charge in [-0.15, -0.1) is 0 Å². The Kier molecular flexibility index (Phi) is 4.74. The summed E-state index contributed by atoms with van der Waals surface area (Å²) < 4.78 is 18.7. The van der Waals surface area contributed by atoms with Gasteiger partial charge in [-0.3, -0.25) is 4.79 Å². The zero-order valence-electron chi connectivity index (χ0n) is 12.7. The molecule has 1 amide bonds. The molecule has 1 saturated heterocycles. The molecule has 0 aromatic heterocycles. The van der Waals surface area contributed by atoms with Crippen molar-refractivity contribution in [2.24, 2.45) is 11.7 Å². The molecule has 1 aromatic carbocycles. The lowest BCUT2D eigenvalue weighted by molar-refractivity contribution is -0.140. The van der Waals surface area contributed by atoms with Crippen LogP contribution in [0.1, 0.15) is 37.4 Å². The summed E-state index contributed by atoms with van der Waals surface area (Å²) in [4.78, 5) is 14.3. The Bertz CT molecular complexity index is 520. The maximum Gasteiger partial charge on any atom is 0.223 e.